The fraction of sp³-hybridized carbons (Fsp3) is 0.0833. The quantitative estimate of drug-likeness (QED) is 0.275. The summed E-state index contributed by atoms with van der Waals surface area (Å²) in [5.74, 6) is -0.0739. The van der Waals surface area contributed by atoms with Crippen LogP contribution >= 0.6 is 23.5 Å². The van der Waals surface area contributed by atoms with Gasteiger partial charge in [-0.15, -0.1) is 0 Å². The van der Waals surface area contributed by atoms with Gasteiger partial charge in [0.15, 0.2) is 5.70 Å². The van der Waals surface area contributed by atoms with Crippen LogP contribution in [0.1, 0.15) is 16.7 Å². The van der Waals surface area contributed by atoms with E-state index >= 15 is 0 Å². The van der Waals surface area contributed by atoms with Crippen molar-refractivity contribution in [3.05, 3.63) is 105 Å². The van der Waals surface area contributed by atoms with Crippen molar-refractivity contribution in [1.82, 2.24) is 0 Å². The van der Waals surface area contributed by atoms with Crippen LogP contribution < -0.4 is 0 Å². The number of nitrogens with zero attached hydrogens (tertiary/aromatic N) is 1. The van der Waals surface area contributed by atoms with E-state index in [1.807, 2.05) is 30.3 Å². The van der Waals surface area contributed by atoms with Crippen LogP contribution in [0.3, 0.4) is 0 Å². The van der Waals surface area contributed by atoms with Crippen molar-refractivity contribution in [2.24, 2.45) is 4.99 Å². The smallest absolute Gasteiger partial charge is 0.365 e. The fourth-order valence-corrected chi connectivity index (χ4v) is 4.85. The van der Waals surface area contributed by atoms with Crippen molar-refractivity contribution >= 4 is 35.4 Å². The molecule has 144 valence electrons. The van der Waals surface area contributed by atoms with E-state index < -0.39 is 5.97 Å². The van der Waals surface area contributed by atoms with Crippen molar-refractivity contribution in [1.29, 1.82) is 0 Å². The Morgan fingerprint density at radius 1 is 0.759 bits per heavy atom. The maximum absolute atomic E-state index is 12.7. The molecule has 4 rings (SSSR count). The Morgan fingerprint density at radius 3 is 1.79 bits per heavy atom. The molecule has 29 heavy (non-hydrogen) atoms. The molecule has 0 spiro atoms. The third-order valence-electron chi connectivity index (χ3n) is 4.27. The highest BCUT2D eigenvalue weighted by Gasteiger charge is 2.28. The minimum Gasteiger partial charge on any atom is -0.402 e. The number of benzene rings is 3. The maximum atomic E-state index is 12.7. The zero-order chi connectivity index (χ0) is 20.2. The highest BCUT2D eigenvalue weighted by Crippen LogP contribution is 2.43. The molecular weight excluding hydrogens is 398 g/mol. The van der Waals surface area contributed by atoms with Crippen molar-refractivity contribution < 1.29 is 9.53 Å². The lowest BCUT2D eigenvalue weighted by Crippen LogP contribution is -2.05. The molecule has 3 aromatic carbocycles. The first kappa shape index (κ1) is 19.6. The predicted molar refractivity (Wildman–Crippen MR) is 120 cm³/mol. The number of hydrogen-bond donors (Lipinski definition) is 0. The second-order valence-electron chi connectivity index (χ2n) is 6.64. The summed E-state index contributed by atoms with van der Waals surface area (Å²) in [7, 11) is 0. The summed E-state index contributed by atoms with van der Waals surface area (Å²) in [5.41, 5.74) is 3.52. The molecule has 0 fully saturated rings. The number of hydrogen-bond acceptors (Lipinski definition) is 5. The number of carbonyl (C=O) groups excluding carboxylic acids is 1. The molecule has 3 nitrogen and oxygen atoms in total. The number of carbonyl (C=O) groups is 1. The lowest BCUT2D eigenvalue weighted by Gasteiger charge is -2.09. The molecule has 0 radical (unpaired) electrons. The molecule has 1 heterocycles. The SMILES string of the molecule is Cc1ccc(SC(Sc2ccc(C)cc2)=C2N=C(c3ccccc3)OC2=O)cc1. The second-order valence-corrected chi connectivity index (χ2v) is 9.06. The summed E-state index contributed by atoms with van der Waals surface area (Å²) in [6, 6.07) is 26.0. The van der Waals surface area contributed by atoms with Crippen molar-refractivity contribution in [2.45, 2.75) is 23.6 Å². The lowest BCUT2D eigenvalue weighted by atomic mass is 10.2. The van der Waals surface area contributed by atoms with Crippen molar-refractivity contribution in [2.75, 3.05) is 0 Å². The van der Waals surface area contributed by atoms with Gasteiger partial charge < -0.3 is 4.74 Å². The summed E-state index contributed by atoms with van der Waals surface area (Å²) in [6.07, 6.45) is 0. The van der Waals surface area contributed by atoms with E-state index in [1.165, 1.54) is 34.7 Å². The van der Waals surface area contributed by atoms with Gasteiger partial charge in [0, 0.05) is 15.4 Å². The highest BCUT2D eigenvalue weighted by atomic mass is 32.2. The zero-order valence-electron chi connectivity index (χ0n) is 16.1. The first-order valence-electron chi connectivity index (χ1n) is 9.18. The molecule has 0 aromatic heterocycles. The molecule has 0 aliphatic carbocycles. The number of esters is 1. The molecular formula is C24H19NO2S2. The van der Waals surface area contributed by atoms with Crippen LogP contribution in [-0.2, 0) is 9.53 Å². The Labute approximate surface area is 178 Å². The molecule has 0 amide bonds. The van der Waals surface area contributed by atoms with E-state index in [9.17, 15) is 4.79 Å². The van der Waals surface area contributed by atoms with Crippen LogP contribution in [0.15, 0.2) is 104 Å². The summed E-state index contributed by atoms with van der Waals surface area (Å²) in [5, 5.41) is 0. The summed E-state index contributed by atoms with van der Waals surface area (Å²) < 4.78 is 6.28. The average Bonchev–Trinajstić information content (AvgIpc) is 3.13. The van der Waals surface area contributed by atoms with Gasteiger partial charge in [-0.05, 0) is 50.2 Å². The van der Waals surface area contributed by atoms with Gasteiger partial charge in [-0.25, -0.2) is 9.79 Å². The number of aryl methyl sites for hydroxylation is 2. The third-order valence-corrected chi connectivity index (χ3v) is 6.55. The highest BCUT2D eigenvalue weighted by molar-refractivity contribution is 8.22. The Morgan fingerprint density at radius 2 is 1.28 bits per heavy atom. The largest absolute Gasteiger partial charge is 0.402 e. The lowest BCUT2D eigenvalue weighted by molar-refractivity contribution is -0.130. The Balaban J connectivity index is 1.73. The molecule has 0 saturated heterocycles. The minimum atomic E-state index is -0.418. The first-order chi connectivity index (χ1) is 14.1. The van der Waals surface area contributed by atoms with E-state index in [1.54, 1.807) is 0 Å². The number of aliphatic imine (C=N–C) groups is 1. The average molecular weight is 418 g/mol. The van der Waals surface area contributed by atoms with Gasteiger partial charge in [-0.3, -0.25) is 0 Å². The fourth-order valence-electron chi connectivity index (χ4n) is 2.68. The number of rotatable bonds is 5. The van der Waals surface area contributed by atoms with E-state index in [-0.39, 0.29) is 0 Å². The van der Waals surface area contributed by atoms with Crippen LogP contribution in [0.2, 0.25) is 0 Å². The summed E-state index contributed by atoms with van der Waals surface area (Å²) in [6.45, 7) is 4.11. The molecule has 0 unspecified atom stereocenters. The van der Waals surface area contributed by atoms with Crippen LogP contribution in [0.4, 0.5) is 0 Å². The van der Waals surface area contributed by atoms with E-state index in [0.717, 1.165) is 19.6 Å². The normalized spacial score (nSPS) is 13.2. The first-order valence-corrected chi connectivity index (χ1v) is 10.8. The molecule has 1 aliphatic rings. The number of ether oxygens (including phenoxy) is 1. The molecule has 0 atom stereocenters. The van der Waals surface area contributed by atoms with Gasteiger partial charge in [0.25, 0.3) is 0 Å². The monoisotopic (exact) mass is 417 g/mol. The van der Waals surface area contributed by atoms with Crippen LogP contribution in [0.5, 0.6) is 0 Å². The van der Waals surface area contributed by atoms with Gasteiger partial charge in [0.2, 0.25) is 5.90 Å². The molecule has 0 bridgehead atoms. The molecule has 3 aromatic rings. The predicted octanol–water partition coefficient (Wildman–Crippen LogP) is 6.36. The summed E-state index contributed by atoms with van der Waals surface area (Å²) >= 11 is 3.06. The van der Waals surface area contributed by atoms with Crippen molar-refractivity contribution in [3.8, 4) is 0 Å². The standard InChI is InChI=1S/C24H19NO2S2/c1-16-8-12-19(13-9-16)28-24(29-20-14-10-17(2)11-15-20)21-23(26)27-22(25-21)18-6-4-3-5-7-18/h3-15H,1-2H3. The van der Waals surface area contributed by atoms with E-state index in [0.29, 0.717) is 11.6 Å². The summed E-state index contributed by atoms with van der Waals surface area (Å²) in [4.78, 5) is 19.3. The number of cyclic esters (lactones) is 1. The molecule has 5 heteroatoms. The van der Waals surface area contributed by atoms with Crippen LogP contribution in [0.25, 0.3) is 0 Å². The topological polar surface area (TPSA) is 38.7 Å². The van der Waals surface area contributed by atoms with Gasteiger partial charge >= 0.3 is 5.97 Å². The van der Waals surface area contributed by atoms with Gasteiger partial charge in [-0.2, -0.15) is 0 Å². The molecule has 0 saturated carbocycles. The van der Waals surface area contributed by atoms with Gasteiger partial charge in [0.1, 0.15) is 0 Å². The Hall–Kier alpha value is -2.76. The Kier molecular flexibility index (Phi) is 5.88. The van der Waals surface area contributed by atoms with Gasteiger partial charge in [-0.1, -0.05) is 77.1 Å². The van der Waals surface area contributed by atoms with Gasteiger partial charge in [0.05, 0.1) is 4.24 Å². The van der Waals surface area contributed by atoms with E-state index in [2.05, 4.69) is 67.4 Å². The molecule has 1 aliphatic heterocycles. The van der Waals surface area contributed by atoms with E-state index in [4.69, 9.17) is 4.74 Å². The second kappa shape index (κ2) is 8.72. The Bertz CT molecular complexity index is 1040. The molecule has 0 N–H and O–H groups in total. The third kappa shape index (κ3) is 4.81. The maximum Gasteiger partial charge on any atom is 0.365 e. The van der Waals surface area contributed by atoms with Crippen LogP contribution in [0, 0.1) is 13.8 Å². The van der Waals surface area contributed by atoms with Crippen molar-refractivity contribution in [3.63, 3.8) is 0 Å². The van der Waals surface area contributed by atoms with Crippen LogP contribution in [-0.4, -0.2) is 11.9 Å². The zero-order valence-corrected chi connectivity index (χ0v) is 17.7. The number of thioether (sulfide) groups is 2. The minimum absolute atomic E-state index is 0.345.